The van der Waals surface area contributed by atoms with Crippen molar-refractivity contribution in [3.8, 4) is 0 Å². The maximum Gasteiger partial charge on any atom is 0.293 e. The van der Waals surface area contributed by atoms with E-state index in [1.165, 1.54) is 0 Å². The van der Waals surface area contributed by atoms with Gasteiger partial charge in [-0.2, -0.15) is 4.98 Å². The molecule has 1 N–H and O–H groups in total. The van der Waals surface area contributed by atoms with Crippen LogP contribution in [0.3, 0.4) is 0 Å². The first-order chi connectivity index (χ1) is 7.83. The van der Waals surface area contributed by atoms with Gasteiger partial charge < -0.3 is 14.5 Å². The Kier molecular flexibility index (Phi) is 2.55. The van der Waals surface area contributed by atoms with Crippen molar-refractivity contribution in [1.82, 2.24) is 10.3 Å². The van der Waals surface area contributed by atoms with Crippen LogP contribution in [-0.2, 0) is 4.74 Å². The Morgan fingerprint density at radius 1 is 1.44 bits per heavy atom. The molecule has 2 aromatic rings. The molecule has 1 saturated heterocycles. The van der Waals surface area contributed by atoms with Crippen LogP contribution in [0.5, 0.6) is 0 Å². The minimum Gasteiger partial charge on any atom is -0.428 e. The SMILES string of the molecule is Clc1nc2ccc(C3CNCCO3)cc2o1. The quantitative estimate of drug-likeness (QED) is 0.827. The van der Waals surface area contributed by atoms with Gasteiger partial charge in [-0.05, 0) is 29.3 Å². The van der Waals surface area contributed by atoms with Crippen molar-refractivity contribution in [1.29, 1.82) is 0 Å². The van der Waals surface area contributed by atoms with Crippen LogP contribution in [0.1, 0.15) is 11.7 Å². The van der Waals surface area contributed by atoms with Gasteiger partial charge in [0.05, 0.1) is 12.7 Å². The third-order valence-corrected chi connectivity index (χ3v) is 2.85. The summed E-state index contributed by atoms with van der Waals surface area (Å²) in [5.41, 5.74) is 2.57. The highest BCUT2D eigenvalue weighted by atomic mass is 35.5. The summed E-state index contributed by atoms with van der Waals surface area (Å²) in [6, 6.07) is 5.84. The Morgan fingerprint density at radius 3 is 3.19 bits per heavy atom. The first-order valence-electron chi connectivity index (χ1n) is 5.21. The molecule has 0 radical (unpaired) electrons. The average molecular weight is 239 g/mol. The van der Waals surface area contributed by atoms with E-state index in [1.54, 1.807) is 0 Å². The molecule has 0 bridgehead atoms. The molecule has 1 fully saturated rings. The van der Waals surface area contributed by atoms with E-state index in [0.717, 1.165) is 30.8 Å². The van der Waals surface area contributed by atoms with Crippen molar-refractivity contribution >= 4 is 22.7 Å². The third kappa shape index (κ3) is 1.80. The number of rotatable bonds is 1. The maximum absolute atomic E-state index is 5.70. The second-order valence-electron chi connectivity index (χ2n) is 3.76. The number of fused-ring (bicyclic) bond motifs is 1. The molecule has 1 atom stereocenters. The molecule has 1 aliphatic heterocycles. The van der Waals surface area contributed by atoms with Crippen LogP contribution in [-0.4, -0.2) is 24.7 Å². The van der Waals surface area contributed by atoms with Crippen molar-refractivity contribution in [2.75, 3.05) is 19.7 Å². The van der Waals surface area contributed by atoms with Crippen molar-refractivity contribution in [3.63, 3.8) is 0 Å². The van der Waals surface area contributed by atoms with E-state index in [2.05, 4.69) is 10.3 Å². The molecule has 5 heteroatoms. The second-order valence-corrected chi connectivity index (χ2v) is 4.08. The van der Waals surface area contributed by atoms with Gasteiger partial charge in [0.2, 0.25) is 0 Å². The predicted molar refractivity (Wildman–Crippen MR) is 60.6 cm³/mol. The van der Waals surface area contributed by atoms with E-state index in [4.69, 9.17) is 20.8 Å². The number of oxazole rings is 1. The molecule has 2 heterocycles. The zero-order valence-corrected chi connectivity index (χ0v) is 9.33. The number of hydrogen-bond donors (Lipinski definition) is 1. The fraction of sp³-hybridized carbons (Fsp3) is 0.364. The number of nitrogens with zero attached hydrogens (tertiary/aromatic N) is 1. The lowest BCUT2D eigenvalue weighted by atomic mass is 10.1. The number of morpholine rings is 1. The molecule has 0 aliphatic carbocycles. The van der Waals surface area contributed by atoms with Gasteiger partial charge in [0.1, 0.15) is 5.52 Å². The predicted octanol–water partition coefficient (Wildman–Crippen LogP) is 2.14. The molecular formula is C11H11ClN2O2. The molecule has 1 aromatic carbocycles. The molecule has 0 saturated carbocycles. The van der Waals surface area contributed by atoms with E-state index < -0.39 is 0 Å². The molecular weight excluding hydrogens is 228 g/mol. The van der Waals surface area contributed by atoms with E-state index in [0.29, 0.717) is 5.58 Å². The fourth-order valence-corrected chi connectivity index (χ4v) is 2.07. The molecule has 3 rings (SSSR count). The summed E-state index contributed by atoms with van der Waals surface area (Å²) < 4.78 is 10.9. The number of aromatic nitrogens is 1. The molecule has 16 heavy (non-hydrogen) atoms. The number of hydrogen-bond acceptors (Lipinski definition) is 4. The van der Waals surface area contributed by atoms with E-state index in [1.807, 2.05) is 18.2 Å². The maximum atomic E-state index is 5.70. The van der Waals surface area contributed by atoms with E-state index in [-0.39, 0.29) is 11.5 Å². The number of ether oxygens (including phenoxy) is 1. The number of nitrogens with one attached hydrogen (secondary N) is 1. The van der Waals surface area contributed by atoms with E-state index in [9.17, 15) is 0 Å². The first kappa shape index (κ1) is 10.1. The average Bonchev–Trinajstić information content (AvgIpc) is 2.69. The van der Waals surface area contributed by atoms with Gasteiger partial charge in [-0.25, -0.2) is 0 Å². The summed E-state index contributed by atoms with van der Waals surface area (Å²) in [7, 11) is 0. The van der Waals surface area contributed by atoms with Crippen LogP contribution in [0.15, 0.2) is 22.6 Å². The summed E-state index contributed by atoms with van der Waals surface area (Å²) >= 11 is 5.70. The molecule has 1 aliphatic rings. The summed E-state index contributed by atoms with van der Waals surface area (Å²) in [6.45, 7) is 2.47. The van der Waals surface area contributed by atoms with Crippen LogP contribution >= 0.6 is 11.6 Å². The molecule has 84 valence electrons. The van der Waals surface area contributed by atoms with Crippen molar-refractivity contribution in [2.24, 2.45) is 0 Å². The Labute approximate surface area is 97.5 Å². The highest BCUT2D eigenvalue weighted by Gasteiger charge is 2.16. The minimum absolute atomic E-state index is 0.0852. The van der Waals surface area contributed by atoms with Crippen molar-refractivity contribution in [3.05, 3.63) is 29.1 Å². The van der Waals surface area contributed by atoms with Gasteiger partial charge in [-0.1, -0.05) is 6.07 Å². The highest BCUT2D eigenvalue weighted by Crippen LogP contribution is 2.25. The normalized spacial score (nSPS) is 21.4. The Hall–Kier alpha value is -1.10. The largest absolute Gasteiger partial charge is 0.428 e. The van der Waals surface area contributed by atoms with Gasteiger partial charge in [-0.3, -0.25) is 0 Å². The van der Waals surface area contributed by atoms with Gasteiger partial charge in [0.15, 0.2) is 5.58 Å². The second kappa shape index (κ2) is 4.05. The minimum atomic E-state index is 0.0852. The van der Waals surface area contributed by atoms with Gasteiger partial charge in [0.25, 0.3) is 5.35 Å². The lowest BCUT2D eigenvalue weighted by Crippen LogP contribution is -2.33. The summed E-state index contributed by atoms with van der Waals surface area (Å²) in [5.74, 6) is 0. The molecule has 0 amide bonds. The molecule has 1 aromatic heterocycles. The summed E-state index contributed by atoms with van der Waals surface area (Å²) in [4.78, 5) is 4.04. The Morgan fingerprint density at radius 2 is 2.38 bits per heavy atom. The third-order valence-electron chi connectivity index (χ3n) is 2.69. The van der Waals surface area contributed by atoms with E-state index >= 15 is 0 Å². The zero-order valence-electron chi connectivity index (χ0n) is 8.57. The Balaban J connectivity index is 1.97. The lowest BCUT2D eigenvalue weighted by Gasteiger charge is -2.23. The van der Waals surface area contributed by atoms with Crippen molar-refractivity contribution in [2.45, 2.75) is 6.10 Å². The van der Waals surface area contributed by atoms with Crippen molar-refractivity contribution < 1.29 is 9.15 Å². The highest BCUT2D eigenvalue weighted by molar-refractivity contribution is 6.28. The summed E-state index contributed by atoms with van der Waals surface area (Å²) in [6.07, 6.45) is 0.0852. The topological polar surface area (TPSA) is 47.3 Å². The zero-order chi connectivity index (χ0) is 11.0. The van der Waals surface area contributed by atoms with Crippen LogP contribution in [0, 0.1) is 0 Å². The Bertz CT molecular complexity index is 506. The number of halogens is 1. The number of benzene rings is 1. The van der Waals surface area contributed by atoms with Gasteiger partial charge in [-0.15, -0.1) is 0 Å². The molecule has 0 spiro atoms. The first-order valence-corrected chi connectivity index (χ1v) is 5.59. The van der Waals surface area contributed by atoms with Crippen LogP contribution in [0.4, 0.5) is 0 Å². The standard InChI is InChI=1S/C11H11ClN2O2/c12-11-14-8-2-1-7(5-9(8)16-11)10-6-13-3-4-15-10/h1-2,5,10,13H,3-4,6H2. The van der Waals surface area contributed by atoms with Crippen LogP contribution < -0.4 is 5.32 Å². The van der Waals surface area contributed by atoms with Gasteiger partial charge >= 0.3 is 0 Å². The van der Waals surface area contributed by atoms with Crippen LogP contribution in [0.2, 0.25) is 5.35 Å². The van der Waals surface area contributed by atoms with Crippen LogP contribution in [0.25, 0.3) is 11.1 Å². The summed E-state index contributed by atoms with van der Waals surface area (Å²) in [5, 5.41) is 3.47. The smallest absolute Gasteiger partial charge is 0.293 e. The monoisotopic (exact) mass is 238 g/mol. The lowest BCUT2D eigenvalue weighted by molar-refractivity contribution is 0.0277. The molecule has 1 unspecified atom stereocenters. The molecule has 4 nitrogen and oxygen atoms in total. The fourth-order valence-electron chi connectivity index (χ4n) is 1.89. The van der Waals surface area contributed by atoms with Gasteiger partial charge in [0, 0.05) is 13.1 Å².